The molecule has 88 valence electrons. The van der Waals surface area contributed by atoms with Crippen molar-refractivity contribution in [2.24, 2.45) is 0 Å². The first-order chi connectivity index (χ1) is 8.08. The van der Waals surface area contributed by atoms with E-state index in [-0.39, 0.29) is 10.6 Å². The van der Waals surface area contributed by atoms with Gasteiger partial charge in [0, 0.05) is 31.5 Å². The van der Waals surface area contributed by atoms with E-state index in [1.807, 2.05) is 12.1 Å². The third-order valence-electron chi connectivity index (χ3n) is 2.69. The van der Waals surface area contributed by atoms with Crippen LogP contribution in [0.5, 0.6) is 0 Å². The Kier molecular flexibility index (Phi) is 3.19. The molecule has 1 aromatic heterocycles. The number of thiazole rings is 1. The van der Waals surface area contributed by atoms with Gasteiger partial charge in [0.2, 0.25) is 5.01 Å². The summed E-state index contributed by atoms with van der Waals surface area (Å²) in [6.07, 6.45) is 0. The van der Waals surface area contributed by atoms with Crippen molar-refractivity contribution in [2.75, 3.05) is 0 Å². The summed E-state index contributed by atoms with van der Waals surface area (Å²) < 4.78 is 2.20. The van der Waals surface area contributed by atoms with Gasteiger partial charge in [0.15, 0.2) is 12.2 Å². The van der Waals surface area contributed by atoms with Gasteiger partial charge in [0.1, 0.15) is 0 Å². The second-order valence-corrected chi connectivity index (χ2v) is 4.97. The van der Waals surface area contributed by atoms with Gasteiger partial charge in [-0.25, -0.2) is 0 Å². The van der Waals surface area contributed by atoms with Crippen LogP contribution in [-0.4, -0.2) is 4.92 Å². The Bertz CT molecular complexity index is 527. The molecule has 0 radical (unpaired) electrons. The van der Waals surface area contributed by atoms with Crippen molar-refractivity contribution >= 4 is 17.0 Å². The SMILES string of the molecule is Cc1csc(C)[n+]1Cc1ccc([N+](=O)[O-])cc1. The van der Waals surface area contributed by atoms with Crippen LogP contribution in [0.25, 0.3) is 0 Å². The van der Waals surface area contributed by atoms with Crippen molar-refractivity contribution in [3.05, 3.63) is 56.0 Å². The number of aromatic nitrogens is 1. The molecule has 2 rings (SSSR count). The van der Waals surface area contributed by atoms with Crippen molar-refractivity contribution in [1.82, 2.24) is 0 Å². The molecule has 0 aliphatic heterocycles. The highest BCUT2D eigenvalue weighted by Gasteiger charge is 2.14. The maximum absolute atomic E-state index is 10.5. The maximum Gasteiger partial charge on any atom is 0.269 e. The minimum Gasteiger partial charge on any atom is -0.258 e. The van der Waals surface area contributed by atoms with Crippen LogP contribution in [0, 0.1) is 24.0 Å². The van der Waals surface area contributed by atoms with Crippen LogP contribution in [0.3, 0.4) is 0 Å². The van der Waals surface area contributed by atoms with E-state index in [1.165, 1.54) is 10.7 Å². The number of nitrogens with zero attached hydrogens (tertiary/aromatic N) is 2. The fourth-order valence-corrected chi connectivity index (χ4v) is 2.49. The van der Waals surface area contributed by atoms with Gasteiger partial charge in [-0.15, -0.1) is 0 Å². The smallest absolute Gasteiger partial charge is 0.258 e. The topological polar surface area (TPSA) is 47.0 Å². The Morgan fingerprint density at radius 3 is 2.41 bits per heavy atom. The van der Waals surface area contributed by atoms with Crippen LogP contribution in [0.15, 0.2) is 29.6 Å². The average Bonchev–Trinajstić information content (AvgIpc) is 2.61. The summed E-state index contributed by atoms with van der Waals surface area (Å²) in [6.45, 7) is 4.90. The monoisotopic (exact) mass is 249 g/mol. The van der Waals surface area contributed by atoms with Crippen LogP contribution < -0.4 is 4.57 Å². The van der Waals surface area contributed by atoms with Crippen molar-refractivity contribution in [1.29, 1.82) is 0 Å². The fraction of sp³-hybridized carbons (Fsp3) is 0.250. The molecule has 0 saturated heterocycles. The molecule has 0 aliphatic carbocycles. The van der Waals surface area contributed by atoms with Gasteiger partial charge in [0.25, 0.3) is 5.69 Å². The molecule has 0 amide bonds. The lowest BCUT2D eigenvalue weighted by molar-refractivity contribution is -0.695. The molecule has 1 aromatic carbocycles. The summed E-state index contributed by atoms with van der Waals surface area (Å²) in [5.74, 6) is 0. The second kappa shape index (κ2) is 4.63. The summed E-state index contributed by atoms with van der Waals surface area (Å²) in [4.78, 5) is 10.2. The van der Waals surface area contributed by atoms with E-state index < -0.39 is 0 Å². The van der Waals surface area contributed by atoms with Crippen molar-refractivity contribution in [3.8, 4) is 0 Å². The molecule has 1 heterocycles. The third kappa shape index (κ3) is 2.50. The van der Waals surface area contributed by atoms with Crippen LogP contribution in [0.1, 0.15) is 16.3 Å². The lowest BCUT2D eigenvalue weighted by atomic mass is 10.2. The largest absolute Gasteiger partial charge is 0.269 e. The van der Waals surface area contributed by atoms with Crippen molar-refractivity contribution in [2.45, 2.75) is 20.4 Å². The second-order valence-electron chi connectivity index (χ2n) is 3.91. The van der Waals surface area contributed by atoms with Crippen molar-refractivity contribution < 1.29 is 9.49 Å². The minimum atomic E-state index is -0.377. The number of non-ortho nitro benzene ring substituents is 1. The van der Waals surface area contributed by atoms with Gasteiger partial charge in [-0.05, 0) is 12.1 Å². The zero-order chi connectivity index (χ0) is 12.4. The number of aryl methyl sites for hydroxylation is 2. The molecule has 4 nitrogen and oxygen atoms in total. The summed E-state index contributed by atoms with van der Waals surface area (Å²) in [6, 6.07) is 6.71. The lowest BCUT2D eigenvalue weighted by Crippen LogP contribution is -2.37. The zero-order valence-electron chi connectivity index (χ0n) is 9.71. The van der Waals surface area contributed by atoms with Gasteiger partial charge in [0.05, 0.1) is 10.3 Å². The van der Waals surface area contributed by atoms with E-state index in [0.29, 0.717) is 0 Å². The third-order valence-corrected chi connectivity index (χ3v) is 3.71. The first-order valence-corrected chi connectivity index (χ1v) is 6.14. The number of benzene rings is 1. The molecule has 5 heteroatoms. The summed E-state index contributed by atoms with van der Waals surface area (Å²) in [7, 11) is 0. The van der Waals surface area contributed by atoms with Gasteiger partial charge in [-0.1, -0.05) is 11.3 Å². The lowest BCUT2D eigenvalue weighted by Gasteiger charge is -1.98. The van der Waals surface area contributed by atoms with Crippen LogP contribution in [0.4, 0.5) is 5.69 Å². The average molecular weight is 249 g/mol. The van der Waals surface area contributed by atoms with Crippen molar-refractivity contribution in [3.63, 3.8) is 0 Å². The maximum atomic E-state index is 10.5. The van der Waals surface area contributed by atoms with E-state index >= 15 is 0 Å². The highest BCUT2D eigenvalue weighted by Crippen LogP contribution is 2.13. The molecular formula is C12H13N2O2S+. The molecule has 0 fully saturated rings. The molecule has 0 saturated carbocycles. The zero-order valence-corrected chi connectivity index (χ0v) is 10.5. The van der Waals surface area contributed by atoms with E-state index in [2.05, 4.69) is 23.8 Å². The minimum absolute atomic E-state index is 0.137. The number of nitro benzene ring substituents is 1. The van der Waals surface area contributed by atoms with Crippen LogP contribution in [-0.2, 0) is 6.54 Å². The Morgan fingerprint density at radius 2 is 1.94 bits per heavy atom. The molecule has 0 atom stereocenters. The van der Waals surface area contributed by atoms with Gasteiger partial charge < -0.3 is 0 Å². The number of hydrogen-bond donors (Lipinski definition) is 0. The van der Waals surface area contributed by atoms with Crippen LogP contribution in [0.2, 0.25) is 0 Å². The molecule has 0 aliphatic rings. The predicted octanol–water partition coefficient (Wildman–Crippen LogP) is 2.61. The standard InChI is InChI=1S/C12H13N2O2S/c1-9-8-17-10(2)13(9)7-11-3-5-12(6-4-11)14(15)16/h3-6,8H,7H2,1-2H3/q+1. The highest BCUT2D eigenvalue weighted by atomic mass is 32.1. The van der Waals surface area contributed by atoms with Gasteiger partial charge in [-0.3, -0.25) is 10.1 Å². The van der Waals surface area contributed by atoms with Gasteiger partial charge in [-0.2, -0.15) is 4.57 Å². The summed E-state index contributed by atoms with van der Waals surface area (Å²) >= 11 is 1.71. The quantitative estimate of drug-likeness (QED) is 0.477. The first-order valence-electron chi connectivity index (χ1n) is 5.26. The number of hydrogen-bond acceptors (Lipinski definition) is 3. The van der Waals surface area contributed by atoms with E-state index in [4.69, 9.17) is 0 Å². The van der Waals surface area contributed by atoms with E-state index in [9.17, 15) is 10.1 Å². The molecule has 0 spiro atoms. The summed E-state index contributed by atoms with van der Waals surface area (Å²) in [5.41, 5.74) is 2.42. The van der Waals surface area contributed by atoms with E-state index in [1.54, 1.807) is 23.5 Å². The molecule has 17 heavy (non-hydrogen) atoms. The van der Waals surface area contributed by atoms with Gasteiger partial charge >= 0.3 is 0 Å². The molecule has 0 bridgehead atoms. The van der Waals surface area contributed by atoms with E-state index in [0.717, 1.165) is 12.1 Å². The Balaban J connectivity index is 2.22. The molecule has 2 aromatic rings. The Hall–Kier alpha value is -1.75. The molecule has 0 unspecified atom stereocenters. The number of nitro groups is 1. The fourth-order valence-electron chi connectivity index (χ4n) is 1.69. The Labute approximate surface area is 103 Å². The first kappa shape index (κ1) is 11.7. The molecular weight excluding hydrogens is 236 g/mol. The normalized spacial score (nSPS) is 10.5. The number of rotatable bonds is 3. The highest BCUT2D eigenvalue weighted by molar-refractivity contribution is 7.09. The molecule has 0 N–H and O–H groups in total. The summed E-state index contributed by atoms with van der Waals surface area (Å²) in [5, 5.41) is 13.9. The predicted molar refractivity (Wildman–Crippen MR) is 66.2 cm³/mol. The van der Waals surface area contributed by atoms with Crippen LogP contribution >= 0.6 is 11.3 Å². The Morgan fingerprint density at radius 1 is 1.29 bits per heavy atom.